The average molecular weight is 322 g/mol. The van der Waals surface area contributed by atoms with Crippen molar-refractivity contribution < 1.29 is 9.34 Å². The van der Waals surface area contributed by atoms with Gasteiger partial charge >= 0.3 is 0 Å². The molecule has 0 bridgehead atoms. The molecule has 0 N–H and O–H groups in total. The third-order valence-electron chi connectivity index (χ3n) is 4.03. The highest BCUT2D eigenvalue weighted by Crippen LogP contribution is 2.39. The molecule has 3 rings (SSSR count). The molecule has 7 heteroatoms. The molecule has 22 heavy (non-hydrogen) atoms. The highest BCUT2D eigenvalue weighted by Gasteiger charge is 2.32. The molecule has 2 aromatic heterocycles. The first-order valence-corrected chi connectivity index (χ1v) is 7.54. The summed E-state index contributed by atoms with van der Waals surface area (Å²) in [5.41, 5.74) is -0.103. The van der Waals surface area contributed by atoms with Crippen molar-refractivity contribution in [2.45, 2.75) is 25.8 Å². The van der Waals surface area contributed by atoms with Crippen LogP contribution in [0.2, 0.25) is 5.02 Å². The number of halogens is 1. The summed E-state index contributed by atoms with van der Waals surface area (Å²) in [5.74, 6) is 2.01. The van der Waals surface area contributed by atoms with Gasteiger partial charge in [-0.1, -0.05) is 18.5 Å². The highest BCUT2D eigenvalue weighted by molar-refractivity contribution is 6.33. The number of hydrogen-bond donors (Lipinski definition) is 0. The van der Waals surface area contributed by atoms with E-state index in [0.29, 0.717) is 16.8 Å². The first kappa shape index (κ1) is 14.8. The summed E-state index contributed by atoms with van der Waals surface area (Å²) in [5, 5.41) is 11.1. The monoisotopic (exact) mass is 321 g/mol. The van der Waals surface area contributed by atoms with Gasteiger partial charge in [0.05, 0.1) is 22.3 Å². The maximum absolute atomic E-state index is 10.8. The molecule has 0 amide bonds. The van der Waals surface area contributed by atoms with E-state index in [1.165, 1.54) is 12.3 Å². The minimum absolute atomic E-state index is 0.0465. The van der Waals surface area contributed by atoms with Crippen molar-refractivity contribution in [1.82, 2.24) is 4.98 Å². The molecular weight excluding hydrogens is 306 g/mol. The number of nitrogens with zero attached hydrogens (tertiary/aromatic N) is 3. The lowest BCUT2D eigenvalue weighted by atomic mass is 9.91. The molecular formula is C15H16ClN3O3. The van der Waals surface area contributed by atoms with Crippen LogP contribution in [0, 0.1) is 16.0 Å². The number of pyridine rings is 1. The second-order valence-electron chi connectivity index (χ2n) is 5.61. The zero-order valence-electron chi connectivity index (χ0n) is 12.1. The molecule has 116 valence electrons. The van der Waals surface area contributed by atoms with Gasteiger partial charge in [0.2, 0.25) is 0 Å². The predicted molar refractivity (Wildman–Crippen MR) is 83.1 cm³/mol. The van der Waals surface area contributed by atoms with Gasteiger partial charge < -0.3 is 9.32 Å². The predicted octanol–water partition coefficient (Wildman–Crippen LogP) is 4.21. The van der Waals surface area contributed by atoms with Crippen LogP contribution < -0.4 is 4.90 Å². The Kier molecular flexibility index (Phi) is 4.02. The van der Waals surface area contributed by atoms with Crippen molar-refractivity contribution in [3.8, 4) is 0 Å². The quantitative estimate of drug-likeness (QED) is 0.625. The molecule has 1 aliphatic heterocycles. The Morgan fingerprint density at radius 2 is 2.36 bits per heavy atom. The molecule has 0 aliphatic carbocycles. The van der Waals surface area contributed by atoms with Gasteiger partial charge in [0, 0.05) is 12.6 Å². The molecule has 2 aromatic rings. The zero-order valence-corrected chi connectivity index (χ0v) is 12.9. The van der Waals surface area contributed by atoms with E-state index in [-0.39, 0.29) is 11.7 Å². The van der Waals surface area contributed by atoms with Crippen molar-refractivity contribution in [2.24, 2.45) is 5.92 Å². The first-order valence-electron chi connectivity index (χ1n) is 7.16. The van der Waals surface area contributed by atoms with Gasteiger partial charge in [0.1, 0.15) is 17.8 Å². The molecule has 6 nitrogen and oxygen atoms in total. The topological polar surface area (TPSA) is 72.4 Å². The molecule has 1 saturated heterocycles. The Hall–Kier alpha value is -2.08. The van der Waals surface area contributed by atoms with Crippen LogP contribution in [0.4, 0.5) is 11.5 Å². The van der Waals surface area contributed by atoms with Gasteiger partial charge in [-0.05, 0) is 30.9 Å². The van der Waals surface area contributed by atoms with Crippen LogP contribution in [-0.4, -0.2) is 16.5 Å². The van der Waals surface area contributed by atoms with Crippen LogP contribution in [0.3, 0.4) is 0 Å². The molecule has 1 fully saturated rings. The molecule has 1 aliphatic rings. The van der Waals surface area contributed by atoms with Crippen LogP contribution in [0.5, 0.6) is 0 Å². The summed E-state index contributed by atoms with van der Waals surface area (Å²) in [6, 6.07) is 5.19. The summed E-state index contributed by atoms with van der Waals surface area (Å²) in [4.78, 5) is 16.6. The Morgan fingerprint density at radius 1 is 1.55 bits per heavy atom. The molecule has 0 spiro atoms. The van der Waals surface area contributed by atoms with Crippen LogP contribution in [0.1, 0.15) is 31.6 Å². The maximum atomic E-state index is 10.8. The Labute approximate surface area is 132 Å². The van der Waals surface area contributed by atoms with E-state index in [9.17, 15) is 10.1 Å². The van der Waals surface area contributed by atoms with Crippen LogP contribution >= 0.6 is 11.6 Å². The molecule has 0 saturated carbocycles. The van der Waals surface area contributed by atoms with E-state index in [2.05, 4.69) is 16.8 Å². The summed E-state index contributed by atoms with van der Waals surface area (Å²) in [7, 11) is 0. The zero-order chi connectivity index (χ0) is 15.7. The van der Waals surface area contributed by atoms with Crippen molar-refractivity contribution in [1.29, 1.82) is 0 Å². The lowest BCUT2D eigenvalue weighted by molar-refractivity contribution is -0.385. The summed E-state index contributed by atoms with van der Waals surface area (Å²) >= 11 is 6.23. The van der Waals surface area contributed by atoms with Gasteiger partial charge in [-0.15, -0.1) is 0 Å². The number of piperidine rings is 1. The van der Waals surface area contributed by atoms with Gasteiger partial charge in [-0.25, -0.2) is 4.98 Å². The molecule has 0 radical (unpaired) electrons. The SMILES string of the molecule is C[C@@H]1CCN(c2ncc([N+](=O)[O-])cc2Cl)[C@@H](c2ccco2)C1. The molecule has 0 unspecified atom stereocenters. The fourth-order valence-electron chi connectivity index (χ4n) is 2.88. The summed E-state index contributed by atoms with van der Waals surface area (Å²) < 4.78 is 5.55. The third kappa shape index (κ3) is 2.78. The van der Waals surface area contributed by atoms with Gasteiger partial charge in [-0.2, -0.15) is 0 Å². The fraction of sp³-hybridized carbons (Fsp3) is 0.400. The molecule has 0 aromatic carbocycles. The number of hydrogen-bond acceptors (Lipinski definition) is 5. The Bertz CT molecular complexity index is 675. The van der Waals surface area contributed by atoms with E-state index in [1.54, 1.807) is 6.26 Å². The van der Waals surface area contributed by atoms with Crippen LogP contribution in [0.15, 0.2) is 35.1 Å². The van der Waals surface area contributed by atoms with E-state index < -0.39 is 4.92 Å². The van der Waals surface area contributed by atoms with E-state index >= 15 is 0 Å². The second-order valence-corrected chi connectivity index (χ2v) is 6.02. The number of furan rings is 1. The van der Waals surface area contributed by atoms with Crippen molar-refractivity contribution in [3.63, 3.8) is 0 Å². The largest absolute Gasteiger partial charge is 0.467 e. The fourth-order valence-corrected chi connectivity index (χ4v) is 3.15. The number of aromatic nitrogens is 1. The second kappa shape index (κ2) is 5.96. The van der Waals surface area contributed by atoms with E-state index in [0.717, 1.165) is 25.1 Å². The van der Waals surface area contributed by atoms with E-state index in [1.807, 2.05) is 12.1 Å². The van der Waals surface area contributed by atoms with E-state index in [4.69, 9.17) is 16.0 Å². The van der Waals surface area contributed by atoms with Crippen LogP contribution in [0.25, 0.3) is 0 Å². The van der Waals surface area contributed by atoms with Gasteiger partial charge in [0.15, 0.2) is 0 Å². The minimum atomic E-state index is -0.495. The molecule has 2 atom stereocenters. The number of anilines is 1. The maximum Gasteiger partial charge on any atom is 0.289 e. The minimum Gasteiger partial charge on any atom is -0.467 e. The van der Waals surface area contributed by atoms with Crippen molar-refractivity contribution in [2.75, 3.05) is 11.4 Å². The molecule has 3 heterocycles. The van der Waals surface area contributed by atoms with Crippen molar-refractivity contribution in [3.05, 3.63) is 51.6 Å². The lowest BCUT2D eigenvalue weighted by Gasteiger charge is -2.38. The average Bonchev–Trinajstić information content (AvgIpc) is 3.01. The van der Waals surface area contributed by atoms with Crippen LogP contribution in [-0.2, 0) is 0 Å². The standard InChI is InChI=1S/C15H16ClN3O3/c1-10-4-5-18(13(7-10)14-3-2-6-22-14)15-12(16)8-11(9-17-15)19(20)21/h2-3,6,8-10,13H,4-5,7H2,1H3/t10-,13-/m1/s1. The highest BCUT2D eigenvalue weighted by atomic mass is 35.5. The number of nitro groups is 1. The Morgan fingerprint density at radius 3 is 3.00 bits per heavy atom. The smallest absolute Gasteiger partial charge is 0.289 e. The van der Waals surface area contributed by atoms with Gasteiger partial charge in [-0.3, -0.25) is 10.1 Å². The van der Waals surface area contributed by atoms with Crippen molar-refractivity contribution >= 4 is 23.1 Å². The lowest BCUT2D eigenvalue weighted by Crippen LogP contribution is -2.36. The first-order chi connectivity index (χ1) is 10.6. The summed E-state index contributed by atoms with van der Waals surface area (Å²) in [6.45, 7) is 3.00. The Balaban J connectivity index is 1.96. The summed E-state index contributed by atoms with van der Waals surface area (Å²) in [6.07, 6.45) is 4.85. The van der Waals surface area contributed by atoms with Gasteiger partial charge in [0.25, 0.3) is 5.69 Å². The number of rotatable bonds is 3. The third-order valence-corrected chi connectivity index (χ3v) is 4.30. The normalized spacial score (nSPS) is 21.8.